The van der Waals surface area contributed by atoms with Crippen molar-refractivity contribution in [2.45, 2.75) is 18.6 Å². The van der Waals surface area contributed by atoms with Gasteiger partial charge in [-0.3, -0.25) is 4.79 Å². The molecule has 0 aliphatic carbocycles. The lowest BCUT2D eigenvalue weighted by atomic mass is 10.0. The molecule has 0 aliphatic rings. The third-order valence-corrected chi connectivity index (χ3v) is 3.27. The van der Waals surface area contributed by atoms with Gasteiger partial charge in [-0.1, -0.05) is 18.2 Å². The third-order valence-electron chi connectivity index (χ3n) is 2.70. The van der Waals surface area contributed by atoms with Crippen molar-refractivity contribution in [1.82, 2.24) is 5.32 Å². The van der Waals surface area contributed by atoms with Gasteiger partial charge in [0.25, 0.3) is 0 Å². The summed E-state index contributed by atoms with van der Waals surface area (Å²) in [6, 6.07) is 2.23. The van der Waals surface area contributed by atoms with Crippen LogP contribution in [0.3, 0.4) is 0 Å². The van der Waals surface area contributed by atoms with Crippen LogP contribution < -0.4 is 5.32 Å². The molecule has 0 heterocycles. The van der Waals surface area contributed by atoms with Crippen molar-refractivity contribution >= 4 is 21.3 Å². The molecule has 1 aromatic carbocycles. The normalized spacial score (nSPS) is 13.3. The smallest absolute Gasteiger partial charge is 0.416 e. The second-order valence-corrected chi connectivity index (χ2v) is 5.64. The summed E-state index contributed by atoms with van der Waals surface area (Å²) in [6.45, 7) is 0. The molecule has 0 aromatic heterocycles. The molecule has 0 bridgehead atoms. The van der Waals surface area contributed by atoms with Crippen molar-refractivity contribution in [3.05, 3.63) is 35.4 Å². The van der Waals surface area contributed by atoms with E-state index < -0.39 is 45.5 Å². The lowest BCUT2D eigenvalue weighted by Gasteiger charge is -2.18. The van der Waals surface area contributed by atoms with Gasteiger partial charge in [-0.15, -0.1) is 0 Å². The van der Waals surface area contributed by atoms with Crippen molar-refractivity contribution in [3.8, 4) is 0 Å². The highest BCUT2D eigenvalue weighted by atomic mass is 32.2. The van der Waals surface area contributed by atoms with Gasteiger partial charge in [0.15, 0.2) is 10.1 Å². The summed E-state index contributed by atoms with van der Waals surface area (Å²) in [7, 11) is -4.42. The summed E-state index contributed by atoms with van der Waals surface area (Å²) in [5, 5.41) is -0.353. The topological polar surface area (TPSA) is 113 Å². The molecule has 23 heavy (non-hydrogen) atoms. The summed E-state index contributed by atoms with van der Waals surface area (Å²) >= 11 is 0. The maximum atomic E-state index is 12.6. The first-order chi connectivity index (χ1) is 10.4. The van der Waals surface area contributed by atoms with Crippen LogP contribution in [0.2, 0.25) is 0 Å². The minimum absolute atomic E-state index is 0.0150. The second kappa shape index (κ2) is 6.96. The molecule has 1 rings (SSSR count). The van der Waals surface area contributed by atoms with Crippen molar-refractivity contribution < 1.29 is 40.5 Å². The van der Waals surface area contributed by atoms with Gasteiger partial charge in [0.05, 0.1) is 12.7 Å². The standard InChI is InChI=1S/C12H12F3NO6S/c1-22-10(17)9(16-11(18)23(19,20)21)6-7-3-2-4-8(5-7)12(13,14)15/h2-5,9H,6H2,1H3,(H,16,18)(H,19,20,21)/p-1. The molecule has 1 aromatic rings. The number of methoxy groups -OCH3 is 1. The lowest BCUT2D eigenvalue weighted by molar-refractivity contribution is -0.142. The molecule has 0 spiro atoms. The third kappa shape index (κ3) is 5.53. The van der Waals surface area contributed by atoms with Gasteiger partial charge < -0.3 is 14.6 Å². The molecule has 0 saturated heterocycles. The predicted octanol–water partition coefficient (Wildman–Crippen LogP) is 1.04. The largest absolute Gasteiger partial charge is 0.740 e. The fraction of sp³-hybridized carbons (Fsp3) is 0.333. The summed E-state index contributed by atoms with van der Waals surface area (Å²) in [6.07, 6.45) is -5.10. The van der Waals surface area contributed by atoms with Crippen molar-refractivity contribution in [2.75, 3.05) is 7.11 Å². The van der Waals surface area contributed by atoms with Crippen LogP contribution in [0.25, 0.3) is 0 Å². The molecular formula is C12H11F3NO6S-. The highest BCUT2D eigenvalue weighted by molar-refractivity contribution is 8.01. The van der Waals surface area contributed by atoms with Crippen LogP contribution >= 0.6 is 0 Å². The quantitative estimate of drug-likeness (QED) is 0.639. The second-order valence-electron chi connectivity index (χ2n) is 4.36. The molecule has 1 unspecified atom stereocenters. The minimum atomic E-state index is -5.35. The fourth-order valence-corrected chi connectivity index (χ4v) is 1.95. The Bertz CT molecular complexity index is 701. The number of alkyl halides is 3. The molecule has 0 radical (unpaired) electrons. The van der Waals surface area contributed by atoms with E-state index in [1.807, 2.05) is 0 Å². The molecule has 128 valence electrons. The van der Waals surface area contributed by atoms with Gasteiger partial charge in [-0.05, 0) is 11.6 Å². The Morgan fingerprint density at radius 3 is 2.43 bits per heavy atom. The molecule has 7 nitrogen and oxygen atoms in total. The van der Waals surface area contributed by atoms with E-state index in [9.17, 15) is 35.7 Å². The van der Waals surface area contributed by atoms with Crippen molar-refractivity contribution in [3.63, 3.8) is 0 Å². The number of amides is 1. The molecule has 0 fully saturated rings. The first-order valence-electron chi connectivity index (χ1n) is 5.95. The number of hydrogen-bond acceptors (Lipinski definition) is 6. The Hall–Kier alpha value is -2.14. The molecule has 11 heteroatoms. The van der Waals surface area contributed by atoms with Gasteiger partial charge in [0.1, 0.15) is 6.04 Å². The Balaban J connectivity index is 3.03. The summed E-state index contributed by atoms with van der Waals surface area (Å²) < 4.78 is 73.8. The highest BCUT2D eigenvalue weighted by Crippen LogP contribution is 2.29. The maximum absolute atomic E-state index is 12.6. The van der Waals surface area contributed by atoms with Gasteiger partial charge in [0.2, 0.25) is 0 Å². The number of ether oxygens (including phenoxy) is 1. The Kier molecular flexibility index (Phi) is 5.72. The van der Waals surface area contributed by atoms with Gasteiger partial charge in [-0.25, -0.2) is 13.2 Å². The van der Waals surface area contributed by atoms with Gasteiger partial charge in [0, 0.05) is 6.42 Å². The van der Waals surface area contributed by atoms with Gasteiger partial charge in [-0.2, -0.15) is 13.2 Å². The van der Waals surface area contributed by atoms with Crippen LogP contribution in [-0.4, -0.2) is 37.3 Å². The monoisotopic (exact) mass is 354 g/mol. The number of rotatable bonds is 4. The van der Waals surface area contributed by atoms with Crippen LogP contribution in [0.4, 0.5) is 18.0 Å². The van der Waals surface area contributed by atoms with Crippen LogP contribution in [0.1, 0.15) is 11.1 Å². The van der Waals surface area contributed by atoms with Crippen LogP contribution in [-0.2, 0) is 32.2 Å². The van der Waals surface area contributed by atoms with E-state index >= 15 is 0 Å². The van der Waals surface area contributed by atoms with E-state index in [1.54, 1.807) is 5.32 Å². The predicted molar refractivity (Wildman–Crippen MR) is 69.2 cm³/mol. The lowest BCUT2D eigenvalue weighted by Crippen LogP contribution is -2.45. The average Bonchev–Trinajstić information content (AvgIpc) is 2.44. The molecular weight excluding hydrogens is 343 g/mol. The minimum Gasteiger partial charge on any atom is -0.740 e. The Morgan fingerprint density at radius 1 is 1.35 bits per heavy atom. The summed E-state index contributed by atoms with van der Waals surface area (Å²) in [4.78, 5) is 22.6. The maximum Gasteiger partial charge on any atom is 0.416 e. The molecule has 0 saturated carbocycles. The Labute approximate surface area is 129 Å². The number of nitrogens with one attached hydrogen (secondary N) is 1. The van der Waals surface area contributed by atoms with Crippen LogP contribution in [0.15, 0.2) is 24.3 Å². The van der Waals surface area contributed by atoms with E-state index in [4.69, 9.17) is 0 Å². The van der Waals surface area contributed by atoms with Gasteiger partial charge >= 0.3 is 17.4 Å². The van der Waals surface area contributed by atoms with E-state index in [0.29, 0.717) is 0 Å². The zero-order valence-corrected chi connectivity index (χ0v) is 12.4. The fourth-order valence-electron chi connectivity index (χ4n) is 1.66. The highest BCUT2D eigenvalue weighted by Gasteiger charge is 2.31. The van der Waals surface area contributed by atoms with Crippen LogP contribution in [0.5, 0.6) is 0 Å². The molecule has 1 amide bonds. The number of carbonyl (C=O) groups is 2. The molecule has 1 atom stereocenters. The first-order valence-corrected chi connectivity index (χ1v) is 7.36. The zero-order valence-electron chi connectivity index (χ0n) is 11.6. The van der Waals surface area contributed by atoms with Crippen molar-refractivity contribution in [1.29, 1.82) is 0 Å². The van der Waals surface area contributed by atoms with E-state index in [2.05, 4.69) is 4.74 Å². The van der Waals surface area contributed by atoms with E-state index in [-0.39, 0.29) is 5.56 Å². The molecule has 1 N–H and O–H groups in total. The molecule has 0 aliphatic heterocycles. The Morgan fingerprint density at radius 2 is 1.96 bits per heavy atom. The number of esters is 1. The SMILES string of the molecule is COC(=O)C(Cc1cccc(C(F)(F)F)c1)NC(=O)S(=O)(=O)[O-]. The zero-order chi connectivity index (χ0) is 17.8. The average molecular weight is 354 g/mol. The number of halogens is 3. The number of benzene rings is 1. The summed E-state index contributed by atoms with van der Waals surface area (Å²) in [5.41, 5.74) is -1.000. The number of carbonyl (C=O) groups excluding carboxylic acids is 2. The number of hydrogen-bond donors (Lipinski definition) is 1. The summed E-state index contributed by atoms with van der Waals surface area (Å²) in [5.74, 6) is -1.11. The first kappa shape index (κ1) is 18.9. The van der Waals surface area contributed by atoms with Crippen LogP contribution in [0, 0.1) is 0 Å². The van der Waals surface area contributed by atoms with Crippen molar-refractivity contribution in [2.24, 2.45) is 0 Å². The van der Waals surface area contributed by atoms with E-state index in [1.165, 1.54) is 6.07 Å². The van der Waals surface area contributed by atoms with E-state index in [0.717, 1.165) is 25.3 Å².